The number of benzene rings is 1. The van der Waals surface area contributed by atoms with Crippen molar-refractivity contribution in [1.82, 2.24) is 19.4 Å². The standard InChI is InChI=1S/C13H24N2O2.C11H10F3N3OS/c1-3-17-13(16)10-4-6-12(7-5-10)15-8-11(9-15)14-2;1-19-17-9-3-2-7(11(12,13)14)6-8(9)10(16-17)15-4-5-18/h10-12,14H,3-9H2,1-2H3;2-3,5-6H,4H2,1H3,(H,15,16). The van der Waals surface area contributed by atoms with Crippen LogP contribution < -0.4 is 10.6 Å². The van der Waals surface area contributed by atoms with Crippen molar-refractivity contribution in [2.24, 2.45) is 5.92 Å². The van der Waals surface area contributed by atoms with Crippen LogP contribution in [0.2, 0.25) is 0 Å². The SMILES string of the molecule is CCOC(=O)C1CCC(N2CC(NC)C2)CC1.CSn1nc(NCC=O)c2cc(C(F)(F)F)ccc21. The van der Waals surface area contributed by atoms with Gasteiger partial charge in [-0.05, 0) is 69.8 Å². The number of carbonyl (C=O) groups excluding carboxylic acids is 2. The van der Waals surface area contributed by atoms with Crippen molar-refractivity contribution in [3.8, 4) is 0 Å². The highest BCUT2D eigenvalue weighted by molar-refractivity contribution is 7.97. The summed E-state index contributed by atoms with van der Waals surface area (Å²) < 4.78 is 44.6. The number of aldehydes is 1. The molecule has 2 fully saturated rings. The number of likely N-dealkylation sites (N-methyl/N-ethyl adjacent to an activating group) is 1. The number of rotatable bonds is 8. The number of ether oxygens (including phenoxy) is 1. The van der Waals surface area contributed by atoms with E-state index in [1.165, 1.54) is 35.2 Å². The molecule has 2 aromatic rings. The zero-order chi connectivity index (χ0) is 26.3. The first kappa shape index (κ1) is 28.3. The minimum atomic E-state index is -4.41. The third kappa shape index (κ3) is 6.92. The van der Waals surface area contributed by atoms with Crippen molar-refractivity contribution in [2.45, 2.75) is 50.9 Å². The maximum atomic E-state index is 12.7. The first-order valence-corrected chi connectivity index (χ1v) is 13.3. The van der Waals surface area contributed by atoms with Crippen molar-refractivity contribution in [2.75, 3.05) is 44.9 Å². The van der Waals surface area contributed by atoms with E-state index in [-0.39, 0.29) is 24.2 Å². The largest absolute Gasteiger partial charge is 0.466 e. The molecule has 0 atom stereocenters. The first-order valence-electron chi connectivity index (χ1n) is 12.1. The predicted molar refractivity (Wildman–Crippen MR) is 135 cm³/mol. The number of nitrogens with one attached hydrogen (secondary N) is 2. The lowest BCUT2D eigenvalue weighted by atomic mass is 9.84. The van der Waals surface area contributed by atoms with Crippen LogP contribution in [0.4, 0.5) is 19.0 Å². The second kappa shape index (κ2) is 12.8. The van der Waals surface area contributed by atoms with Crippen LogP contribution in [0.25, 0.3) is 10.9 Å². The van der Waals surface area contributed by atoms with Crippen molar-refractivity contribution < 1.29 is 27.5 Å². The molecule has 2 N–H and O–H groups in total. The Morgan fingerprint density at radius 3 is 2.50 bits per heavy atom. The molecule has 2 heterocycles. The lowest BCUT2D eigenvalue weighted by Gasteiger charge is -2.46. The second-order valence-corrected chi connectivity index (χ2v) is 9.59. The monoisotopic (exact) mass is 529 g/mol. The summed E-state index contributed by atoms with van der Waals surface area (Å²) in [4.78, 5) is 24.5. The van der Waals surface area contributed by atoms with Crippen LogP contribution in [0, 0.1) is 5.92 Å². The first-order chi connectivity index (χ1) is 17.2. The highest BCUT2D eigenvalue weighted by Crippen LogP contribution is 2.34. The quantitative estimate of drug-likeness (QED) is 0.395. The molecule has 1 aromatic heterocycles. The molecule has 0 spiro atoms. The van der Waals surface area contributed by atoms with Crippen LogP contribution in [0.15, 0.2) is 18.2 Å². The molecule has 1 aromatic carbocycles. The number of fused-ring (bicyclic) bond motifs is 1. The van der Waals surface area contributed by atoms with Gasteiger partial charge in [0.15, 0.2) is 5.82 Å². The number of carbonyl (C=O) groups is 2. The summed E-state index contributed by atoms with van der Waals surface area (Å²) in [5.41, 5.74) is -0.177. The van der Waals surface area contributed by atoms with Gasteiger partial charge in [-0.1, -0.05) is 0 Å². The molecule has 8 nitrogen and oxygen atoms in total. The van der Waals surface area contributed by atoms with E-state index in [1.807, 2.05) is 14.0 Å². The number of hydrogen-bond acceptors (Lipinski definition) is 8. The van der Waals surface area contributed by atoms with Crippen molar-refractivity contribution in [3.63, 3.8) is 0 Å². The predicted octanol–water partition coefficient (Wildman–Crippen LogP) is 3.80. The molecule has 0 amide bonds. The van der Waals surface area contributed by atoms with Gasteiger partial charge in [0.05, 0.1) is 30.1 Å². The highest BCUT2D eigenvalue weighted by atomic mass is 32.2. The van der Waals surface area contributed by atoms with E-state index in [0.717, 1.165) is 37.8 Å². The van der Waals surface area contributed by atoms with Gasteiger partial charge in [0, 0.05) is 36.8 Å². The number of hydrogen-bond donors (Lipinski definition) is 2. The van der Waals surface area contributed by atoms with E-state index in [2.05, 4.69) is 20.6 Å². The van der Waals surface area contributed by atoms with E-state index in [9.17, 15) is 22.8 Å². The number of aromatic nitrogens is 2. The van der Waals surface area contributed by atoms with Crippen LogP contribution in [0.1, 0.15) is 38.2 Å². The summed E-state index contributed by atoms with van der Waals surface area (Å²) in [6, 6.07) is 4.79. The van der Waals surface area contributed by atoms with E-state index < -0.39 is 11.7 Å². The molecule has 200 valence electrons. The Morgan fingerprint density at radius 1 is 1.25 bits per heavy atom. The average molecular weight is 530 g/mol. The van der Waals surface area contributed by atoms with Gasteiger partial charge >= 0.3 is 12.1 Å². The molecule has 0 bridgehead atoms. The number of likely N-dealkylation sites (tertiary alicyclic amines) is 1. The molecule has 1 saturated carbocycles. The summed E-state index contributed by atoms with van der Waals surface area (Å²) in [5.74, 6) is 0.442. The van der Waals surface area contributed by atoms with Crippen LogP contribution >= 0.6 is 11.9 Å². The summed E-state index contributed by atoms with van der Waals surface area (Å²) in [6.07, 6.45) is 2.29. The van der Waals surface area contributed by atoms with Gasteiger partial charge in [-0.15, -0.1) is 5.10 Å². The summed E-state index contributed by atoms with van der Waals surface area (Å²) >= 11 is 1.26. The molecule has 0 radical (unpaired) electrons. The van der Waals surface area contributed by atoms with Gasteiger partial charge in [-0.2, -0.15) is 13.2 Å². The molecule has 2 aliphatic rings. The maximum absolute atomic E-state index is 12.7. The van der Waals surface area contributed by atoms with E-state index in [0.29, 0.717) is 35.9 Å². The van der Waals surface area contributed by atoms with Crippen molar-refractivity contribution >= 4 is 40.9 Å². The molecule has 0 unspecified atom stereocenters. The maximum Gasteiger partial charge on any atom is 0.416 e. The van der Waals surface area contributed by atoms with E-state index in [4.69, 9.17) is 4.74 Å². The Bertz CT molecular complexity index is 1020. The number of halogens is 3. The third-order valence-electron chi connectivity index (χ3n) is 6.65. The molecule has 1 aliphatic heterocycles. The molecule has 12 heteroatoms. The fourth-order valence-corrected chi connectivity index (χ4v) is 5.12. The van der Waals surface area contributed by atoms with Gasteiger partial charge < -0.3 is 20.2 Å². The Kier molecular flexibility index (Phi) is 10.0. The smallest absolute Gasteiger partial charge is 0.416 e. The number of esters is 1. The zero-order valence-electron chi connectivity index (χ0n) is 20.8. The van der Waals surface area contributed by atoms with Gasteiger partial charge in [-0.3, -0.25) is 9.69 Å². The van der Waals surface area contributed by atoms with Crippen molar-refractivity contribution in [1.29, 1.82) is 0 Å². The van der Waals surface area contributed by atoms with Crippen LogP contribution in [-0.2, 0) is 20.5 Å². The van der Waals surface area contributed by atoms with Crippen LogP contribution in [0.3, 0.4) is 0 Å². The minimum Gasteiger partial charge on any atom is -0.466 e. The summed E-state index contributed by atoms with van der Waals surface area (Å²) in [6.45, 7) is 4.73. The molecular weight excluding hydrogens is 495 g/mol. The number of alkyl halides is 3. The average Bonchev–Trinajstić information content (AvgIpc) is 3.19. The molecule has 4 rings (SSSR count). The van der Waals surface area contributed by atoms with E-state index >= 15 is 0 Å². The number of anilines is 1. The lowest BCUT2D eigenvalue weighted by Crippen LogP contribution is -2.60. The van der Waals surface area contributed by atoms with Crippen LogP contribution in [0.5, 0.6) is 0 Å². The Hall–Kier alpha value is -2.31. The zero-order valence-corrected chi connectivity index (χ0v) is 21.6. The minimum absolute atomic E-state index is 0.00323. The fourth-order valence-electron chi connectivity index (χ4n) is 4.61. The topological polar surface area (TPSA) is 88.5 Å². The number of nitrogens with zero attached hydrogens (tertiary/aromatic N) is 3. The van der Waals surface area contributed by atoms with Gasteiger partial charge in [0.25, 0.3) is 0 Å². The fraction of sp³-hybridized carbons (Fsp3) is 0.625. The molecule has 1 saturated heterocycles. The van der Waals surface area contributed by atoms with Gasteiger partial charge in [-0.25, -0.2) is 4.09 Å². The van der Waals surface area contributed by atoms with Crippen molar-refractivity contribution in [3.05, 3.63) is 23.8 Å². The Balaban J connectivity index is 0.000000202. The van der Waals surface area contributed by atoms with E-state index in [1.54, 1.807) is 6.26 Å². The second-order valence-electron chi connectivity index (χ2n) is 8.88. The summed E-state index contributed by atoms with van der Waals surface area (Å²) in [5, 5.41) is 10.4. The lowest BCUT2D eigenvalue weighted by molar-refractivity contribution is -0.149. The Morgan fingerprint density at radius 2 is 1.94 bits per heavy atom. The normalized spacial score (nSPS) is 20.8. The van der Waals surface area contributed by atoms with Crippen LogP contribution in [-0.4, -0.2) is 78.0 Å². The highest BCUT2D eigenvalue weighted by Gasteiger charge is 2.35. The third-order valence-corrected chi connectivity index (χ3v) is 7.28. The summed E-state index contributed by atoms with van der Waals surface area (Å²) in [7, 11) is 2.03. The van der Waals surface area contributed by atoms with Gasteiger partial charge in [0.2, 0.25) is 0 Å². The Labute approximate surface area is 213 Å². The molecule has 1 aliphatic carbocycles. The molecule has 36 heavy (non-hydrogen) atoms. The van der Waals surface area contributed by atoms with Gasteiger partial charge in [0.1, 0.15) is 6.29 Å². The molecular formula is C24H34F3N5O3S.